The highest BCUT2D eigenvalue weighted by Gasteiger charge is 2.37. The van der Waals surface area contributed by atoms with Crippen molar-refractivity contribution in [1.29, 1.82) is 0 Å². The molecule has 0 spiro atoms. The maximum atomic E-state index is 12.9. The first-order chi connectivity index (χ1) is 17.4. The first-order valence-corrected chi connectivity index (χ1v) is 11.9. The Labute approximate surface area is 215 Å². The van der Waals surface area contributed by atoms with E-state index in [-0.39, 0.29) is 5.91 Å². The van der Waals surface area contributed by atoms with Crippen LogP contribution in [0.4, 0.5) is 10.5 Å². The van der Waals surface area contributed by atoms with Crippen molar-refractivity contribution in [2.45, 2.75) is 64.8 Å². The van der Waals surface area contributed by atoms with E-state index in [4.69, 9.17) is 4.74 Å². The topological polar surface area (TPSA) is 166 Å². The molecule has 0 unspecified atom stereocenters. The standard InChI is InChI=1S/C24H34N6O7/c1-14(25-17(4)31)20(32)26-15(2)23(35)30-13-9-12-19(30)22(34)28-29(5)24(36)37-16(3)21(33)27-18-10-7-6-8-11-18/h6-8,10-11,14-16,19H,9,12-13H2,1-5H3,(H,25,31)(H,26,32)(H,27,33)(H,28,34)/t14-,15-,16-,19-/m0/s1. The van der Waals surface area contributed by atoms with E-state index in [1.54, 1.807) is 30.3 Å². The number of benzene rings is 1. The Kier molecular flexibility index (Phi) is 10.4. The van der Waals surface area contributed by atoms with Crippen molar-refractivity contribution in [3.8, 4) is 0 Å². The van der Waals surface area contributed by atoms with E-state index >= 15 is 0 Å². The average Bonchev–Trinajstić information content (AvgIpc) is 3.33. The summed E-state index contributed by atoms with van der Waals surface area (Å²) in [4.78, 5) is 75.1. The van der Waals surface area contributed by atoms with Gasteiger partial charge in [-0.1, -0.05) is 18.2 Å². The van der Waals surface area contributed by atoms with Gasteiger partial charge in [0, 0.05) is 26.2 Å². The lowest BCUT2D eigenvalue weighted by Crippen LogP contribution is -2.56. The molecule has 37 heavy (non-hydrogen) atoms. The molecule has 1 aromatic rings. The number of amides is 6. The number of nitrogens with one attached hydrogen (secondary N) is 4. The van der Waals surface area contributed by atoms with Crippen LogP contribution in [0, 0.1) is 0 Å². The molecule has 13 heteroatoms. The lowest BCUT2D eigenvalue weighted by atomic mass is 10.2. The average molecular weight is 519 g/mol. The smallest absolute Gasteiger partial charge is 0.429 e. The Balaban J connectivity index is 1.89. The minimum Gasteiger partial charge on any atom is -0.435 e. The minimum absolute atomic E-state index is 0.295. The first-order valence-electron chi connectivity index (χ1n) is 11.9. The third-order valence-electron chi connectivity index (χ3n) is 5.62. The van der Waals surface area contributed by atoms with Gasteiger partial charge in [-0.25, -0.2) is 9.80 Å². The van der Waals surface area contributed by atoms with Crippen LogP contribution in [-0.4, -0.2) is 83.4 Å². The number of hydrogen-bond acceptors (Lipinski definition) is 7. The molecule has 13 nitrogen and oxygen atoms in total. The molecule has 1 aliphatic heterocycles. The molecular formula is C24H34N6O7. The molecule has 0 radical (unpaired) electrons. The molecule has 4 N–H and O–H groups in total. The summed E-state index contributed by atoms with van der Waals surface area (Å²) >= 11 is 0. The van der Waals surface area contributed by atoms with Gasteiger partial charge in [0.1, 0.15) is 18.1 Å². The summed E-state index contributed by atoms with van der Waals surface area (Å²) in [6, 6.07) is 6.01. The van der Waals surface area contributed by atoms with Crippen molar-refractivity contribution < 1.29 is 33.5 Å². The Morgan fingerprint density at radius 2 is 1.62 bits per heavy atom. The summed E-state index contributed by atoms with van der Waals surface area (Å²) in [5, 5.41) is 8.38. The molecule has 1 fully saturated rings. The maximum Gasteiger partial charge on any atom is 0.429 e. The van der Waals surface area contributed by atoms with Gasteiger partial charge in [0.15, 0.2) is 6.10 Å². The molecule has 0 saturated carbocycles. The van der Waals surface area contributed by atoms with Gasteiger partial charge in [-0.15, -0.1) is 0 Å². The van der Waals surface area contributed by atoms with Crippen LogP contribution in [0.15, 0.2) is 30.3 Å². The monoisotopic (exact) mass is 518 g/mol. The highest BCUT2D eigenvalue weighted by atomic mass is 16.6. The highest BCUT2D eigenvalue weighted by Crippen LogP contribution is 2.19. The Morgan fingerprint density at radius 3 is 2.24 bits per heavy atom. The van der Waals surface area contributed by atoms with Crippen LogP contribution in [0.2, 0.25) is 0 Å². The maximum absolute atomic E-state index is 12.9. The second-order valence-electron chi connectivity index (χ2n) is 8.76. The third-order valence-corrected chi connectivity index (χ3v) is 5.62. The van der Waals surface area contributed by atoms with E-state index < -0.39 is 54.0 Å². The van der Waals surface area contributed by atoms with Crippen molar-refractivity contribution >= 4 is 41.3 Å². The molecule has 1 aliphatic rings. The summed E-state index contributed by atoms with van der Waals surface area (Å²) in [6.45, 7) is 5.94. The van der Waals surface area contributed by atoms with Gasteiger partial charge in [0.25, 0.3) is 11.8 Å². The predicted octanol–water partition coefficient (Wildman–Crippen LogP) is 0.134. The van der Waals surface area contributed by atoms with Crippen LogP contribution in [-0.2, 0) is 28.7 Å². The summed E-state index contributed by atoms with van der Waals surface area (Å²) < 4.78 is 5.12. The van der Waals surface area contributed by atoms with Crippen LogP contribution >= 0.6 is 0 Å². The number of ether oxygens (including phenoxy) is 1. The molecule has 1 aromatic carbocycles. The van der Waals surface area contributed by atoms with E-state index in [1.165, 1.54) is 39.6 Å². The number of likely N-dealkylation sites (tertiary alicyclic amines) is 1. The second-order valence-corrected chi connectivity index (χ2v) is 8.76. The molecule has 1 heterocycles. The first kappa shape index (κ1) is 29.1. The zero-order valence-electron chi connectivity index (χ0n) is 21.6. The molecule has 1 saturated heterocycles. The van der Waals surface area contributed by atoms with Crippen molar-refractivity contribution in [1.82, 2.24) is 26.0 Å². The summed E-state index contributed by atoms with van der Waals surface area (Å²) in [5.41, 5.74) is 2.92. The fraction of sp³-hybridized carbons (Fsp3) is 0.500. The molecule has 0 bridgehead atoms. The fourth-order valence-corrected chi connectivity index (χ4v) is 3.66. The van der Waals surface area contributed by atoms with Crippen molar-refractivity contribution in [2.24, 2.45) is 0 Å². The lowest BCUT2D eigenvalue weighted by molar-refractivity contribution is -0.142. The summed E-state index contributed by atoms with van der Waals surface area (Å²) in [6.07, 6.45) is -1.19. The Bertz CT molecular complexity index is 1020. The number of carbonyl (C=O) groups is 6. The summed E-state index contributed by atoms with van der Waals surface area (Å²) in [7, 11) is 1.26. The van der Waals surface area contributed by atoms with Crippen molar-refractivity contribution in [3.63, 3.8) is 0 Å². The van der Waals surface area contributed by atoms with E-state index in [1.807, 2.05) is 0 Å². The zero-order chi connectivity index (χ0) is 27.7. The van der Waals surface area contributed by atoms with Gasteiger partial charge >= 0.3 is 6.09 Å². The summed E-state index contributed by atoms with van der Waals surface area (Å²) in [5.74, 6) is -2.55. The Morgan fingerprint density at radius 1 is 0.973 bits per heavy atom. The molecule has 4 atom stereocenters. The number of hydrogen-bond donors (Lipinski definition) is 4. The molecule has 2 rings (SSSR count). The van der Waals surface area contributed by atoms with Crippen molar-refractivity contribution in [2.75, 3.05) is 18.9 Å². The highest BCUT2D eigenvalue weighted by molar-refractivity contribution is 5.96. The molecule has 6 amide bonds. The second kappa shape index (κ2) is 13.2. The van der Waals surface area contributed by atoms with Crippen LogP contribution < -0.4 is 21.4 Å². The molecule has 0 aliphatic carbocycles. The third kappa shape index (κ3) is 8.47. The van der Waals surface area contributed by atoms with Gasteiger partial charge in [-0.05, 0) is 45.7 Å². The molecule has 202 valence electrons. The number of para-hydroxylation sites is 1. The number of rotatable bonds is 8. The fourth-order valence-electron chi connectivity index (χ4n) is 3.66. The zero-order valence-corrected chi connectivity index (χ0v) is 21.6. The molecular weight excluding hydrogens is 484 g/mol. The predicted molar refractivity (Wildman–Crippen MR) is 133 cm³/mol. The minimum atomic E-state index is -1.14. The van der Waals surface area contributed by atoms with E-state index in [0.717, 1.165) is 5.01 Å². The van der Waals surface area contributed by atoms with Crippen molar-refractivity contribution in [3.05, 3.63) is 30.3 Å². The Hall–Kier alpha value is -4.16. The number of nitrogens with zero attached hydrogens (tertiary/aromatic N) is 2. The number of hydrazine groups is 1. The van der Waals surface area contributed by atoms with Gasteiger partial charge in [0.2, 0.25) is 17.7 Å². The van der Waals surface area contributed by atoms with Gasteiger partial charge in [0.05, 0.1) is 0 Å². The largest absolute Gasteiger partial charge is 0.435 e. The van der Waals surface area contributed by atoms with Crippen LogP contribution in [0.25, 0.3) is 0 Å². The van der Waals surface area contributed by atoms with Crippen LogP contribution in [0.5, 0.6) is 0 Å². The number of anilines is 1. The quantitative estimate of drug-likeness (QED) is 0.355. The van der Waals surface area contributed by atoms with E-state index in [0.29, 0.717) is 25.1 Å². The molecule has 0 aromatic heterocycles. The van der Waals surface area contributed by atoms with E-state index in [2.05, 4.69) is 21.4 Å². The lowest BCUT2D eigenvalue weighted by Gasteiger charge is -2.29. The van der Waals surface area contributed by atoms with Crippen LogP contribution in [0.3, 0.4) is 0 Å². The number of carbonyl (C=O) groups excluding carboxylic acids is 6. The van der Waals surface area contributed by atoms with E-state index in [9.17, 15) is 28.8 Å². The van der Waals surface area contributed by atoms with Gasteiger partial charge in [-0.3, -0.25) is 29.4 Å². The van der Waals surface area contributed by atoms with Gasteiger partial charge in [-0.2, -0.15) is 0 Å². The SMILES string of the molecule is CC(=O)N[C@@H](C)C(=O)N[C@@H](C)C(=O)N1CCC[C@H]1C(=O)NN(C)C(=O)O[C@@H](C)C(=O)Nc1ccccc1. The van der Waals surface area contributed by atoms with Crippen LogP contribution in [0.1, 0.15) is 40.5 Å². The normalized spacial score (nSPS) is 17.0. The van der Waals surface area contributed by atoms with Gasteiger partial charge < -0.3 is 25.6 Å².